The largest absolute Gasteiger partial charge is 0.508 e. The monoisotopic (exact) mass is 503 g/mol. The van der Waals surface area contributed by atoms with Crippen molar-refractivity contribution in [1.29, 1.82) is 0 Å². The fourth-order valence-electron chi connectivity index (χ4n) is 3.66. The number of nitrogens with zero attached hydrogens (tertiary/aromatic N) is 1. The Bertz CT molecular complexity index is 1300. The Labute approximate surface area is 204 Å². The number of benzene rings is 3. The molecule has 0 saturated carbocycles. The van der Waals surface area contributed by atoms with E-state index in [0.717, 1.165) is 0 Å². The van der Waals surface area contributed by atoms with Gasteiger partial charge in [0.15, 0.2) is 0 Å². The second kappa shape index (κ2) is 8.98. The molecule has 0 spiro atoms. The molecule has 33 heavy (non-hydrogen) atoms. The first-order valence-corrected chi connectivity index (χ1v) is 10.7. The number of amides is 1. The molecule has 1 heterocycles. The maximum absolute atomic E-state index is 13.2. The van der Waals surface area contributed by atoms with Crippen LogP contribution in [0.15, 0.2) is 66.2 Å². The second-order valence-electron chi connectivity index (χ2n) is 7.20. The second-order valence-corrected chi connectivity index (χ2v) is 8.43. The molecular formula is C24H16Cl3NO5. The summed E-state index contributed by atoms with van der Waals surface area (Å²) in [5.74, 6) is -1.83. The third kappa shape index (κ3) is 4.13. The lowest BCUT2D eigenvalue weighted by Gasteiger charge is -2.26. The van der Waals surface area contributed by atoms with Crippen molar-refractivity contribution < 1.29 is 24.5 Å². The predicted molar refractivity (Wildman–Crippen MR) is 127 cm³/mol. The maximum atomic E-state index is 13.2. The van der Waals surface area contributed by atoms with Gasteiger partial charge >= 0.3 is 0 Å². The first kappa shape index (κ1) is 23.0. The Morgan fingerprint density at radius 1 is 0.909 bits per heavy atom. The molecule has 1 atom stereocenters. The first-order valence-electron chi connectivity index (χ1n) is 9.61. The van der Waals surface area contributed by atoms with Gasteiger partial charge in [-0.2, -0.15) is 0 Å². The molecule has 3 aromatic rings. The van der Waals surface area contributed by atoms with Crippen LogP contribution in [0.3, 0.4) is 0 Å². The van der Waals surface area contributed by atoms with E-state index in [4.69, 9.17) is 39.5 Å². The smallest absolute Gasteiger partial charge is 0.300 e. The molecule has 9 heteroatoms. The van der Waals surface area contributed by atoms with E-state index in [-0.39, 0.29) is 32.0 Å². The number of halogens is 3. The van der Waals surface area contributed by atoms with E-state index in [1.807, 2.05) is 0 Å². The van der Waals surface area contributed by atoms with Crippen LogP contribution in [0.4, 0.5) is 5.69 Å². The summed E-state index contributed by atoms with van der Waals surface area (Å²) in [5.41, 5.74) is 0.734. The molecule has 0 aliphatic carbocycles. The maximum Gasteiger partial charge on any atom is 0.300 e. The number of carbonyl (C=O) groups excluding carboxylic acids is 2. The summed E-state index contributed by atoms with van der Waals surface area (Å²) in [4.78, 5) is 27.6. The number of anilines is 1. The standard InChI is InChI=1S/C24H16Cl3NO5/c1-33-15-7-9-17(25)16(11-15)22(30)20-21(12-2-5-14(29)6-3-12)28(24(32)23(20)31)13-4-8-18(26)19(27)10-13/h2-11,21,29-30H,1H3/b22-20+. The van der Waals surface area contributed by atoms with E-state index in [2.05, 4.69) is 0 Å². The van der Waals surface area contributed by atoms with Gasteiger partial charge in [-0.15, -0.1) is 0 Å². The number of rotatable bonds is 4. The number of aromatic hydroxyl groups is 1. The lowest BCUT2D eigenvalue weighted by Crippen LogP contribution is -2.29. The number of phenolic OH excluding ortho intramolecular Hbond substituents is 1. The summed E-state index contributed by atoms with van der Waals surface area (Å²) in [5, 5.41) is 21.6. The minimum absolute atomic E-state index is 0.000999. The highest BCUT2D eigenvalue weighted by Crippen LogP contribution is 2.44. The fraction of sp³-hybridized carbons (Fsp3) is 0.0833. The molecular weight excluding hydrogens is 489 g/mol. The number of methoxy groups -OCH3 is 1. The number of hydrogen-bond donors (Lipinski definition) is 2. The van der Waals surface area contributed by atoms with Gasteiger partial charge in [-0.05, 0) is 54.1 Å². The molecule has 0 radical (unpaired) electrons. The molecule has 1 aliphatic rings. The number of aliphatic hydroxyl groups is 1. The van der Waals surface area contributed by atoms with Crippen LogP contribution >= 0.6 is 34.8 Å². The van der Waals surface area contributed by atoms with Crippen LogP contribution in [0.5, 0.6) is 11.5 Å². The number of hydrogen-bond acceptors (Lipinski definition) is 5. The molecule has 1 unspecified atom stereocenters. The zero-order valence-corrected chi connectivity index (χ0v) is 19.3. The summed E-state index contributed by atoms with van der Waals surface area (Å²) in [6.45, 7) is 0. The topological polar surface area (TPSA) is 87.1 Å². The average Bonchev–Trinajstić information content (AvgIpc) is 3.06. The quantitative estimate of drug-likeness (QED) is 0.259. The Morgan fingerprint density at radius 2 is 1.58 bits per heavy atom. The molecule has 1 aliphatic heterocycles. The van der Waals surface area contributed by atoms with E-state index < -0.39 is 23.5 Å². The summed E-state index contributed by atoms with van der Waals surface area (Å²) >= 11 is 18.5. The molecule has 0 aromatic heterocycles. The van der Waals surface area contributed by atoms with Gasteiger partial charge in [0.05, 0.1) is 33.8 Å². The van der Waals surface area contributed by atoms with Crippen molar-refractivity contribution in [2.75, 3.05) is 12.0 Å². The lowest BCUT2D eigenvalue weighted by molar-refractivity contribution is -0.132. The number of Topliss-reactive ketones (excluding diaryl/α,β-unsaturated/α-hetero) is 1. The van der Waals surface area contributed by atoms with Gasteiger partial charge in [0.2, 0.25) is 0 Å². The van der Waals surface area contributed by atoms with Gasteiger partial charge in [-0.3, -0.25) is 14.5 Å². The highest BCUT2D eigenvalue weighted by atomic mass is 35.5. The predicted octanol–water partition coefficient (Wildman–Crippen LogP) is 5.99. The summed E-state index contributed by atoms with van der Waals surface area (Å²) in [6.07, 6.45) is 0. The molecule has 1 fully saturated rings. The molecule has 4 rings (SSSR count). The molecule has 3 aromatic carbocycles. The van der Waals surface area contributed by atoms with Crippen LogP contribution in [0.2, 0.25) is 15.1 Å². The van der Waals surface area contributed by atoms with Crippen LogP contribution in [0.25, 0.3) is 5.76 Å². The van der Waals surface area contributed by atoms with Crippen LogP contribution in [0.1, 0.15) is 17.2 Å². The number of ether oxygens (including phenoxy) is 1. The minimum Gasteiger partial charge on any atom is -0.508 e. The molecule has 2 N–H and O–H groups in total. The Morgan fingerprint density at radius 3 is 2.21 bits per heavy atom. The highest BCUT2D eigenvalue weighted by molar-refractivity contribution is 6.52. The van der Waals surface area contributed by atoms with Crippen LogP contribution in [-0.2, 0) is 9.59 Å². The van der Waals surface area contributed by atoms with E-state index in [9.17, 15) is 19.8 Å². The van der Waals surface area contributed by atoms with Gasteiger partial charge in [0.1, 0.15) is 17.3 Å². The molecule has 0 bridgehead atoms. The normalized spacial score (nSPS) is 17.5. The first-order chi connectivity index (χ1) is 15.7. The van der Waals surface area contributed by atoms with E-state index in [0.29, 0.717) is 17.0 Å². The zero-order valence-electron chi connectivity index (χ0n) is 17.1. The van der Waals surface area contributed by atoms with Gasteiger partial charge in [-0.1, -0.05) is 46.9 Å². The van der Waals surface area contributed by atoms with Crippen LogP contribution < -0.4 is 9.64 Å². The highest BCUT2D eigenvalue weighted by Gasteiger charge is 2.47. The van der Waals surface area contributed by atoms with Crippen molar-refractivity contribution >= 4 is 57.9 Å². The Kier molecular flexibility index (Phi) is 6.26. The number of carbonyl (C=O) groups is 2. The number of aliphatic hydroxyl groups excluding tert-OH is 1. The average molecular weight is 505 g/mol. The van der Waals surface area contributed by atoms with Crippen molar-refractivity contribution in [3.05, 3.63) is 92.4 Å². The van der Waals surface area contributed by atoms with Gasteiger partial charge < -0.3 is 14.9 Å². The van der Waals surface area contributed by atoms with Crippen molar-refractivity contribution in [3.8, 4) is 11.5 Å². The van der Waals surface area contributed by atoms with Gasteiger partial charge in [-0.25, -0.2) is 0 Å². The molecule has 6 nitrogen and oxygen atoms in total. The van der Waals surface area contributed by atoms with E-state index >= 15 is 0 Å². The van der Waals surface area contributed by atoms with Crippen molar-refractivity contribution in [2.45, 2.75) is 6.04 Å². The van der Waals surface area contributed by atoms with Crippen molar-refractivity contribution in [3.63, 3.8) is 0 Å². The summed E-state index contributed by atoms with van der Waals surface area (Å²) in [7, 11) is 1.45. The number of ketones is 1. The zero-order chi connectivity index (χ0) is 23.9. The third-order valence-electron chi connectivity index (χ3n) is 5.26. The fourth-order valence-corrected chi connectivity index (χ4v) is 4.16. The summed E-state index contributed by atoms with van der Waals surface area (Å²) < 4.78 is 5.20. The Hall–Kier alpha value is -3.19. The van der Waals surface area contributed by atoms with Gasteiger partial charge in [0.25, 0.3) is 11.7 Å². The van der Waals surface area contributed by atoms with Crippen LogP contribution in [-0.4, -0.2) is 29.0 Å². The molecule has 168 valence electrons. The van der Waals surface area contributed by atoms with Crippen LogP contribution in [0, 0.1) is 0 Å². The lowest BCUT2D eigenvalue weighted by atomic mass is 9.95. The molecule has 1 amide bonds. The third-order valence-corrected chi connectivity index (χ3v) is 6.33. The summed E-state index contributed by atoms with van der Waals surface area (Å²) in [6, 6.07) is 14.0. The van der Waals surface area contributed by atoms with E-state index in [1.165, 1.54) is 48.4 Å². The van der Waals surface area contributed by atoms with E-state index in [1.54, 1.807) is 24.3 Å². The Balaban J connectivity index is 1.98. The molecule has 1 saturated heterocycles. The minimum atomic E-state index is -1.02. The van der Waals surface area contributed by atoms with Crippen molar-refractivity contribution in [2.24, 2.45) is 0 Å². The van der Waals surface area contributed by atoms with Crippen molar-refractivity contribution in [1.82, 2.24) is 0 Å². The SMILES string of the molecule is COc1ccc(Cl)c(/C(O)=C2\C(=O)C(=O)N(c3ccc(Cl)c(Cl)c3)C2c2ccc(O)cc2)c1. The van der Waals surface area contributed by atoms with Gasteiger partial charge in [0, 0.05) is 11.3 Å². The number of phenols is 1.